The summed E-state index contributed by atoms with van der Waals surface area (Å²) in [4.78, 5) is 22.9. The van der Waals surface area contributed by atoms with Crippen LogP contribution in [0.25, 0.3) is 10.8 Å². The monoisotopic (exact) mass is 502 g/mol. The minimum atomic E-state index is -0.0244. The molecule has 196 valence electrons. The van der Waals surface area contributed by atoms with Crippen LogP contribution < -0.4 is 10.2 Å². The fourth-order valence-corrected chi connectivity index (χ4v) is 6.61. The summed E-state index contributed by atoms with van der Waals surface area (Å²) in [5.41, 5.74) is 3.86. The van der Waals surface area contributed by atoms with Crippen LogP contribution in [0.4, 0.5) is 11.5 Å². The lowest BCUT2D eigenvalue weighted by atomic mass is 9.97. The number of aromatic nitrogens is 3. The number of hydrogen-bond acceptors (Lipinski definition) is 6. The van der Waals surface area contributed by atoms with Crippen LogP contribution in [0, 0.1) is 18.8 Å². The Labute approximate surface area is 219 Å². The molecule has 2 aromatic heterocycles. The van der Waals surface area contributed by atoms with Gasteiger partial charge in [0, 0.05) is 80.7 Å². The molecule has 4 heterocycles. The molecule has 1 saturated carbocycles. The maximum Gasteiger partial charge on any atom is 0.229 e. The van der Waals surface area contributed by atoms with Crippen LogP contribution in [0.15, 0.2) is 36.8 Å². The molecule has 1 aromatic carbocycles. The highest BCUT2D eigenvalue weighted by Crippen LogP contribution is 2.56. The van der Waals surface area contributed by atoms with E-state index in [1.165, 1.54) is 11.3 Å². The SMILES string of the molecule is CC[C@@H]1[C@@H](C(=O)Nc2cc3cc(N4CCN([C@@]5(C)CCOC5)CC4)c(C)cc3cn2)[C@@H]1c1cnn(C)c1. The van der Waals surface area contributed by atoms with Crippen LogP contribution in [0.1, 0.15) is 43.7 Å². The number of ether oxygens (including phenoxy) is 1. The maximum absolute atomic E-state index is 13.2. The zero-order valence-corrected chi connectivity index (χ0v) is 22.4. The molecule has 8 heteroatoms. The largest absolute Gasteiger partial charge is 0.379 e. The molecule has 1 amide bonds. The van der Waals surface area contributed by atoms with Gasteiger partial charge in [0.2, 0.25) is 5.91 Å². The number of amides is 1. The quantitative estimate of drug-likeness (QED) is 0.550. The number of anilines is 2. The average molecular weight is 503 g/mol. The van der Waals surface area contributed by atoms with Gasteiger partial charge in [-0.1, -0.05) is 13.3 Å². The smallest absolute Gasteiger partial charge is 0.229 e. The van der Waals surface area contributed by atoms with Crippen LogP contribution >= 0.6 is 0 Å². The number of nitrogens with one attached hydrogen (secondary N) is 1. The molecule has 3 aliphatic rings. The highest BCUT2D eigenvalue weighted by molar-refractivity contribution is 5.97. The van der Waals surface area contributed by atoms with Crippen molar-refractivity contribution in [2.45, 2.75) is 45.1 Å². The Balaban J connectivity index is 1.16. The Bertz CT molecular complexity index is 1300. The number of hydrogen-bond donors (Lipinski definition) is 1. The van der Waals surface area contributed by atoms with E-state index in [0.29, 0.717) is 11.7 Å². The first-order valence-corrected chi connectivity index (χ1v) is 13.6. The lowest BCUT2D eigenvalue weighted by Crippen LogP contribution is -2.56. The molecular weight excluding hydrogens is 464 g/mol. The third-order valence-corrected chi connectivity index (χ3v) is 8.92. The Morgan fingerprint density at radius 2 is 1.97 bits per heavy atom. The molecule has 6 rings (SSSR count). The standard InChI is InChI=1S/C29H38N6O2/c1-5-23-26(22-16-31-33(4)17-22)27(23)28(36)32-25-14-20-13-24(19(2)12-21(20)15-30-25)34-7-9-35(10-8-34)29(3)6-11-37-18-29/h12-17,23,26-27H,5-11,18H2,1-4H3,(H,30,32,36)/t23-,26+,27+,29-/m0/s1. The molecule has 37 heavy (non-hydrogen) atoms. The third-order valence-electron chi connectivity index (χ3n) is 8.92. The first kappa shape index (κ1) is 24.4. The molecule has 0 unspecified atom stereocenters. The summed E-state index contributed by atoms with van der Waals surface area (Å²) in [5.74, 6) is 1.25. The second-order valence-corrected chi connectivity index (χ2v) is 11.4. The highest BCUT2D eigenvalue weighted by Gasteiger charge is 2.54. The fraction of sp³-hybridized carbons (Fsp3) is 0.552. The number of carbonyl (C=O) groups excluding carboxylic acids is 1. The van der Waals surface area contributed by atoms with Gasteiger partial charge in [0.05, 0.1) is 12.8 Å². The number of nitrogens with zero attached hydrogens (tertiary/aromatic N) is 5. The van der Waals surface area contributed by atoms with Gasteiger partial charge in [0.1, 0.15) is 5.82 Å². The number of aryl methyl sites for hydroxylation is 2. The summed E-state index contributed by atoms with van der Waals surface area (Å²) in [5, 5.41) is 9.62. The van der Waals surface area contributed by atoms with E-state index in [1.54, 1.807) is 0 Å². The van der Waals surface area contributed by atoms with Gasteiger partial charge < -0.3 is 15.0 Å². The first-order valence-electron chi connectivity index (χ1n) is 13.6. The van der Waals surface area contributed by atoms with Crippen molar-refractivity contribution in [3.05, 3.63) is 47.9 Å². The Hall–Kier alpha value is -2.97. The van der Waals surface area contributed by atoms with Gasteiger partial charge in [-0.25, -0.2) is 4.98 Å². The van der Waals surface area contributed by atoms with Gasteiger partial charge in [-0.05, 0) is 60.9 Å². The number of pyridine rings is 1. The van der Waals surface area contributed by atoms with Crippen molar-refractivity contribution in [3.8, 4) is 0 Å². The Morgan fingerprint density at radius 3 is 2.65 bits per heavy atom. The van der Waals surface area contributed by atoms with Crippen molar-refractivity contribution >= 4 is 28.2 Å². The van der Waals surface area contributed by atoms with Crippen molar-refractivity contribution in [2.24, 2.45) is 18.9 Å². The van der Waals surface area contributed by atoms with Gasteiger partial charge in [0.15, 0.2) is 0 Å². The van der Waals surface area contributed by atoms with Gasteiger partial charge in [0.25, 0.3) is 0 Å². The second-order valence-electron chi connectivity index (χ2n) is 11.4. The van der Waals surface area contributed by atoms with E-state index in [4.69, 9.17) is 4.74 Å². The lowest BCUT2D eigenvalue weighted by Gasteiger charge is -2.44. The van der Waals surface area contributed by atoms with E-state index in [9.17, 15) is 4.79 Å². The van der Waals surface area contributed by atoms with E-state index in [-0.39, 0.29) is 23.3 Å². The van der Waals surface area contributed by atoms with Gasteiger partial charge in [-0.2, -0.15) is 5.10 Å². The number of fused-ring (bicyclic) bond motifs is 1. The van der Waals surface area contributed by atoms with Gasteiger partial charge >= 0.3 is 0 Å². The molecule has 0 bridgehead atoms. The van der Waals surface area contributed by atoms with E-state index in [2.05, 4.69) is 58.1 Å². The molecule has 0 spiro atoms. The number of piperazine rings is 1. The van der Waals surface area contributed by atoms with Gasteiger partial charge in [-0.15, -0.1) is 0 Å². The summed E-state index contributed by atoms with van der Waals surface area (Å²) in [6.45, 7) is 12.5. The van der Waals surface area contributed by atoms with Crippen LogP contribution in [-0.2, 0) is 16.6 Å². The minimum absolute atomic E-state index is 0.0244. The lowest BCUT2D eigenvalue weighted by molar-refractivity contribution is -0.117. The van der Waals surface area contributed by atoms with Gasteiger partial charge in [-0.3, -0.25) is 14.4 Å². The molecule has 1 N–H and O–H groups in total. The predicted octanol–water partition coefficient (Wildman–Crippen LogP) is 3.96. The Morgan fingerprint density at radius 1 is 1.16 bits per heavy atom. The summed E-state index contributed by atoms with van der Waals surface area (Å²) >= 11 is 0. The number of carbonyl (C=O) groups is 1. The third kappa shape index (κ3) is 4.50. The molecule has 4 atom stereocenters. The summed E-state index contributed by atoms with van der Waals surface area (Å²) in [6, 6.07) is 6.50. The van der Waals surface area contributed by atoms with E-state index >= 15 is 0 Å². The summed E-state index contributed by atoms with van der Waals surface area (Å²) < 4.78 is 7.50. The molecule has 3 aromatic rings. The Kier molecular flexibility index (Phi) is 6.19. The highest BCUT2D eigenvalue weighted by atomic mass is 16.5. The van der Waals surface area contributed by atoms with Crippen LogP contribution in [0.2, 0.25) is 0 Å². The molecule has 3 fully saturated rings. The van der Waals surface area contributed by atoms with E-state index in [1.807, 2.05) is 36.4 Å². The van der Waals surface area contributed by atoms with E-state index in [0.717, 1.165) is 68.6 Å². The zero-order valence-electron chi connectivity index (χ0n) is 22.4. The molecule has 8 nitrogen and oxygen atoms in total. The predicted molar refractivity (Wildman–Crippen MR) is 146 cm³/mol. The normalized spacial score (nSPS) is 28.1. The molecule has 2 aliphatic heterocycles. The van der Waals surface area contributed by atoms with Crippen molar-refractivity contribution in [1.82, 2.24) is 19.7 Å². The van der Waals surface area contributed by atoms with Crippen LogP contribution in [0.5, 0.6) is 0 Å². The van der Waals surface area contributed by atoms with Crippen molar-refractivity contribution < 1.29 is 9.53 Å². The molecule has 1 aliphatic carbocycles. The van der Waals surface area contributed by atoms with Crippen molar-refractivity contribution in [3.63, 3.8) is 0 Å². The van der Waals surface area contributed by atoms with Crippen molar-refractivity contribution in [1.29, 1.82) is 0 Å². The minimum Gasteiger partial charge on any atom is -0.379 e. The number of rotatable bonds is 6. The van der Waals surface area contributed by atoms with Crippen LogP contribution in [0.3, 0.4) is 0 Å². The molecule has 2 saturated heterocycles. The molecule has 0 radical (unpaired) electrons. The summed E-state index contributed by atoms with van der Waals surface area (Å²) in [7, 11) is 1.92. The summed E-state index contributed by atoms with van der Waals surface area (Å²) in [6.07, 6.45) is 7.89. The molecular formula is C29H38N6O2. The van der Waals surface area contributed by atoms with Crippen molar-refractivity contribution in [2.75, 3.05) is 49.6 Å². The second kappa shape index (κ2) is 9.40. The fourth-order valence-electron chi connectivity index (χ4n) is 6.61. The first-order chi connectivity index (χ1) is 17.9. The van der Waals surface area contributed by atoms with E-state index < -0.39 is 0 Å². The number of benzene rings is 1. The maximum atomic E-state index is 13.2. The average Bonchev–Trinajstić information content (AvgIpc) is 3.18. The topological polar surface area (TPSA) is 75.5 Å². The zero-order chi connectivity index (χ0) is 25.7. The van der Waals surface area contributed by atoms with Crippen LogP contribution in [-0.4, -0.2) is 70.5 Å².